The summed E-state index contributed by atoms with van der Waals surface area (Å²) in [6.07, 6.45) is 6.79. The van der Waals surface area contributed by atoms with Crippen LogP contribution in [0.4, 0.5) is 0 Å². The largest absolute Gasteiger partial charge is 0.445 e. The van der Waals surface area contributed by atoms with Crippen LogP contribution in [0.1, 0.15) is 49.2 Å². The number of rotatable bonds is 4. The van der Waals surface area contributed by atoms with Gasteiger partial charge in [0.1, 0.15) is 11.5 Å². The molecule has 0 spiro atoms. The summed E-state index contributed by atoms with van der Waals surface area (Å²) in [5.41, 5.74) is 1.75. The average Bonchev–Trinajstić information content (AvgIpc) is 2.97. The summed E-state index contributed by atoms with van der Waals surface area (Å²) in [4.78, 5) is 26.9. The third-order valence-electron chi connectivity index (χ3n) is 3.80. The molecule has 1 aliphatic heterocycles. The summed E-state index contributed by atoms with van der Waals surface area (Å²) in [5.74, 6) is 2.09. The Balaban J connectivity index is 1.60. The number of aryl methyl sites for hydroxylation is 1. The molecule has 3 rings (SSSR count). The second kappa shape index (κ2) is 6.25. The predicted molar refractivity (Wildman–Crippen MR) is 80.1 cm³/mol. The van der Waals surface area contributed by atoms with Gasteiger partial charge in [0, 0.05) is 43.9 Å². The second-order valence-corrected chi connectivity index (χ2v) is 5.84. The summed E-state index contributed by atoms with van der Waals surface area (Å²) in [6.45, 7) is 5.35. The number of amides is 1. The highest BCUT2D eigenvalue weighted by atomic mass is 16.4. The van der Waals surface area contributed by atoms with Gasteiger partial charge >= 0.3 is 0 Å². The first-order valence-corrected chi connectivity index (χ1v) is 7.64. The van der Waals surface area contributed by atoms with Gasteiger partial charge in [-0.3, -0.25) is 14.8 Å². The minimum atomic E-state index is 0.130. The van der Waals surface area contributed by atoms with Crippen molar-refractivity contribution in [1.82, 2.24) is 19.9 Å². The van der Waals surface area contributed by atoms with E-state index in [2.05, 4.69) is 28.8 Å². The minimum absolute atomic E-state index is 0.130. The van der Waals surface area contributed by atoms with E-state index in [1.165, 1.54) is 0 Å². The molecule has 0 saturated heterocycles. The molecule has 0 bridgehead atoms. The normalized spacial score (nSPS) is 14.2. The van der Waals surface area contributed by atoms with Crippen LogP contribution < -0.4 is 0 Å². The van der Waals surface area contributed by atoms with Gasteiger partial charge < -0.3 is 9.32 Å². The molecular weight excluding hydrogens is 280 g/mol. The highest BCUT2D eigenvalue weighted by Gasteiger charge is 2.25. The highest BCUT2D eigenvalue weighted by Crippen LogP contribution is 2.24. The lowest BCUT2D eigenvalue weighted by Crippen LogP contribution is -2.36. The third kappa shape index (κ3) is 3.16. The molecule has 1 amide bonds. The molecule has 2 aromatic rings. The molecule has 6 heteroatoms. The minimum Gasteiger partial charge on any atom is -0.445 e. The summed E-state index contributed by atoms with van der Waals surface area (Å²) < 4.78 is 5.76. The molecule has 2 aromatic heterocycles. The van der Waals surface area contributed by atoms with Gasteiger partial charge in [0.2, 0.25) is 5.91 Å². The Kier molecular flexibility index (Phi) is 4.18. The number of carbonyl (C=O) groups is 1. The van der Waals surface area contributed by atoms with Gasteiger partial charge in [0.05, 0.1) is 12.2 Å². The van der Waals surface area contributed by atoms with E-state index in [4.69, 9.17) is 4.42 Å². The third-order valence-corrected chi connectivity index (χ3v) is 3.80. The van der Waals surface area contributed by atoms with Crippen LogP contribution in [-0.4, -0.2) is 32.3 Å². The van der Waals surface area contributed by atoms with Crippen molar-refractivity contribution >= 4 is 5.91 Å². The standard InChI is InChI=1S/C16H20N4O2/c1-11(2)16-19-13-10-20(8-5-14(13)22-16)15(21)4-3-12-9-17-6-7-18-12/h6-7,9,11H,3-5,8,10H2,1-2H3. The van der Waals surface area contributed by atoms with E-state index in [0.29, 0.717) is 25.9 Å². The molecule has 0 aromatic carbocycles. The number of hydrogen-bond donors (Lipinski definition) is 0. The van der Waals surface area contributed by atoms with Crippen molar-refractivity contribution in [2.24, 2.45) is 0 Å². The van der Waals surface area contributed by atoms with E-state index in [0.717, 1.165) is 29.5 Å². The molecule has 0 saturated carbocycles. The highest BCUT2D eigenvalue weighted by molar-refractivity contribution is 5.76. The number of aromatic nitrogens is 3. The molecule has 0 unspecified atom stereocenters. The number of hydrogen-bond acceptors (Lipinski definition) is 5. The van der Waals surface area contributed by atoms with Crippen molar-refractivity contribution in [2.45, 2.75) is 45.6 Å². The van der Waals surface area contributed by atoms with Crippen LogP contribution in [0.15, 0.2) is 23.0 Å². The Morgan fingerprint density at radius 2 is 2.27 bits per heavy atom. The van der Waals surface area contributed by atoms with Gasteiger partial charge in [-0.25, -0.2) is 4.98 Å². The second-order valence-electron chi connectivity index (χ2n) is 5.84. The van der Waals surface area contributed by atoms with Crippen LogP contribution in [0.2, 0.25) is 0 Å². The van der Waals surface area contributed by atoms with E-state index in [-0.39, 0.29) is 11.8 Å². The molecule has 3 heterocycles. The van der Waals surface area contributed by atoms with Gasteiger partial charge in [-0.1, -0.05) is 13.8 Å². The molecule has 0 fully saturated rings. The number of carbonyl (C=O) groups excluding carboxylic acids is 1. The van der Waals surface area contributed by atoms with E-state index >= 15 is 0 Å². The van der Waals surface area contributed by atoms with Crippen molar-refractivity contribution < 1.29 is 9.21 Å². The summed E-state index contributed by atoms with van der Waals surface area (Å²) in [7, 11) is 0. The van der Waals surface area contributed by atoms with Gasteiger partial charge in [0.15, 0.2) is 5.89 Å². The topological polar surface area (TPSA) is 72.1 Å². The van der Waals surface area contributed by atoms with Crippen molar-refractivity contribution in [3.8, 4) is 0 Å². The van der Waals surface area contributed by atoms with Crippen LogP contribution in [0, 0.1) is 0 Å². The fraction of sp³-hybridized carbons (Fsp3) is 0.500. The average molecular weight is 300 g/mol. The van der Waals surface area contributed by atoms with Crippen molar-refractivity contribution in [1.29, 1.82) is 0 Å². The maximum absolute atomic E-state index is 12.3. The van der Waals surface area contributed by atoms with E-state index in [1.54, 1.807) is 18.6 Å². The maximum Gasteiger partial charge on any atom is 0.223 e. The van der Waals surface area contributed by atoms with Crippen LogP contribution in [0.3, 0.4) is 0 Å². The van der Waals surface area contributed by atoms with Crippen molar-refractivity contribution in [3.05, 3.63) is 41.6 Å². The fourth-order valence-corrected chi connectivity index (χ4v) is 2.53. The summed E-state index contributed by atoms with van der Waals surface area (Å²) in [5, 5.41) is 0. The zero-order chi connectivity index (χ0) is 15.5. The van der Waals surface area contributed by atoms with Gasteiger partial charge in [-0.15, -0.1) is 0 Å². The summed E-state index contributed by atoms with van der Waals surface area (Å²) in [6, 6.07) is 0. The molecule has 0 aliphatic carbocycles. The van der Waals surface area contributed by atoms with Crippen molar-refractivity contribution in [2.75, 3.05) is 6.54 Å². The Bertz CT molecular complexity index is 651. The van der Waals surface area contributed by atoms with Gasteiger partial charge in [-0.05, 0) is 6.42 Å². The molecular formula is C16H20N4O2. The lowest BCUT2D eigenvalue weighted by Gasteiger charge is -2.25. The molecule has 116 valence electrons. The Morgan fingerprint density at radius 3 is 3.00 bits per heavy atom. The van der Waals surface area contributed by atoms with Gasteiger partial charge in [0.25, 0.3) is 0 Å². The first-order chi connectivity index (χ1) is 10.6. The van der Waals surface area contributed by atoms with Crippen molar-refractivity contribution in [3.63, 3.8) is 0 Å². The molecule has 0 N–H and O–H groups in total. The first-order valence-electron chi connectivity index (χ1n) is 7.64. The van der Waals surface area contributed by atoms with Crippen LogP contribution >= 0.6 is 0 Å². The summed E-state index contributed by atoms with van der Waals surface area (Å²) >= 11 is 0. The van der Waals surface area contributed by atoms with E-state index in [1.807, 2.05) is 4.90 Å². The number of oxazole rings is 1. The monoisotopic (exact) mass is 300 g/mol. The first kappa shape index (κ1) is 14.7. The SMILES string of the molecule is CC(C)c1nc2c(o1)CCN(C(=O)CCc1cnccn1)C2. The Labute approximate surface area is 129 Å². The van der Waals surface area contributed by atoms with Crippen LogP contribution in [0.25, 0.3) is 0 Å². The number of fused-ring (bicyclic) bond motifs is 1. The zero-order valence-electron chi connectivity index (χ0n) is 13.0. The lowest BCUT2D eigenvalue weighted by molar-refractivity contribution is -0.132. The lowest BCUT2D eigenvalue weighted by atomic mass is 10.1. The molecule has 6 nitrogen and oxygen atoms in total. The smallest absolute Gasteiger partial charge is 0.223 e. The van der Waals surface area contributed by atoms with E-state index in [9.17, 15) is 4.79 Å². The Hall–Kier alpha value is -2.24. The van der Waals surface area contributed by atoms with E-state index < -0.39 is 0 Å². The predicted octanol–water partition coefficient (Wildman–Crippen LogP) is 2.11. The maximum atomic E-state index is 12.3. The Morgan fingerprint density at radius 1 is 1.41 bits per heavy atom. The zero-order valence-corrected chi connectivity index (χ0v) is 13.0. The van der Waals surface area contributed by atoms with Gasteiger partial charge in [-0.2, -0.15) is 0 Å². The molecule has 0 radical (unpaired) electrons. The van der Waals surface area contributed by atoms with Crippen LogP contribution in [-0.2, 0) is 24.2 Å². The molecule has 0 atom stereocenters. The number of nitrogens with zero attached hydrogens (tertiary/aromatic N) is 4. The quantitative estimate of drug-likeness (QED) is 0.864. The van der Waals surface area contributed by atoms with Crippen LogP contribution in [0.5, 0.6) is 0 Å². The fourth-order valence-electron chi connectivity index (χ4n) is 2.53. The molecule has 22 heavy (non-hydrogen) atoms. The molecule has 1 aliphatic rings.